The summed E-state index contributed by atoms with van der Waals surface area (Å²) < 4.78 is 0. The van der Waals surface area contributed by atoms with Gasteiger partial charge in [-0.25, -0.2) is 4.79 Å². The molecule has 0 aromatic heterocycles. The van der Waals surface area contributed by atoms with Crippen LogP contribution in [0, 0.1) is 13.8 Å². The average Bonchev–Trinajstić information content (AvgIpc) is 3.29. The predicted octanol–water partition coefficient (Wildman–Crippen LogP) is -1.28. The standard InChI is InChI=1S/C29H37N5O8/c1-15-8-20(36)9-16(2)21(15)10-22(30)26(39)31-14-24(38)34-29(11-18-6-4-5-7-19(18)12-29)28(42)32-13-23(37)33-25(17(3)35)27(40)41/h4-9,17,22,25,35-36H,10-14,30H2,1-3H3,(H,31,39)(H,32,42)(H,33,37)(H,34,38)(H,40,41)/t17?,22-,25?/m0/s1. The second kappa shape index (κ2) is 13.4. The Morgan fingerprint density at radius 2 is 1.50 bits per heavy atom. The van der Waals surface area contributed by atoms with Crippen molar-refractivity contribution in [2.45, 2.75) is 63.8 Å². The minimum Gasteiger partial charge on any atom is -0.508 e. The molecule has 0 fully saturated rings. The molecule has 2 aromatic rings. The van der Waals surface area contributed by atoms with Crippen molar-refractivity contribution in [3.8, 4) is 5.75 Å². The number of aromatic hydroxyl groups is 1. The first-order chi connectivity index (χ1) is 19.7. The topological polar surface area (TPSA) is 220 Å². The monoisotopic (exact) mass is 583 g/mol. The third kappa shape index (κ3) is 7.83. The van der Waals surface area contributed by atoms with Gasteiger partial charge in [-0.15, -0.1) is 0 Å². The third-order valence-electron chi connectivity index (χ3n) is 7.26. The summed E-state index contributed by atoms with van der Waals surface area (Å²) in [5.41, 5.74) is 8.63. The summed E-state index contributed by atoms with van der Waals surface area (Å²) in [5.74, 6) is -4.07. The van der Waals surface area contributed by atoms with Gasteiger partial charge in [-0.2, -0.15) is 0 Å². The SMILES string of the molecule is Cc1cc(O)cc(C)c1C[C@H](N)C(=O)NCC(=O)NC1(C(=O)NCC(=O)NC(C(=O)O)C(C)O)Cc2ccccc2C1. The maximum absolute atomic E-state index is 13.4. The summed E-state index contributed by atoms with van der Waals surface area (Å²) in [5, 5.41) is 38.3. The number of phenols is 1. The minimum atomic E-state index is -1.56. The summed E-state index contributed by atoms with van der Waals surface area (Å²) in [6.07, 6.45) is -0.927. The van der Waals surface area contributed by atoms with Crippen LogP contribution in [0.2, 0.25) is 0 Å². The summed E-state index contributed by atoms with van der Waals surface area (Å²) in [4.78, 5) is 62.6. The molecule has 226 valence electrons. The fourth-order valence-corrected chi connectivity index (χ4v) is 5.08. The molecule has 0 aliphatic heterocycles. The molecule has 13 heteroatoms. The van der Waals surface area contributed by atoms with Crippen molar-refractivity contribution in [2.75, 3.05) is 13.1 Å². The van der Waals surface area contributed by atoms with E-state index in [9.17, 15) is 34.2 Å². The van der Waals surface area contributed by atoms with Crippen LogP contribution in [0.25, 0.3) is 0 Å². The van der Waals surface area contributed by atoms with Gasteiger partial charge in [0.05, 0.1) is 25.2 Å². The van der Waals surface area contributed by atoms with Crippen molar-refractivity contribution in [2.24, 2.45) is 5.73 Å². The molecule has 9 N–H and O–H groups in total. The Morgan fingerprint density at radius 3 is 2.02 bits per heavy atom. The van der Waals surface area contributed by atoms with Crippen LogP contribution < -0.4 is 27.0 Å². The van der Waals surface area contributed by atoms with E-state index in [2.05, 4.69) is 21.3 Å². The molecule has 0 heterocycles. The number of nitrogens with two attached hydrogens (primary N) is 1. The van der Waals surface area contributed by atoms with Crippen molar-refractivity contribution < 1.29 is 39.3 Å². The number of amides is 4. The van der Waals surface area contributed by atoms with E-state index >= 15 is 0 Å². The van der Waals surface area contributed by atoms with Gasteiger partial charge in [0.15, 0.2) is 6.04 Å². The lowest BCUT2D eigenvalue weighted by Gasteiger charge is -2.29. The van der Waals surface area contributed by atoms with Crippen LogP contribution in [0.4, 0.5) is 0 Å². The van der Waals surface area contributed by atoms with Crippen LogP contribution in [0.1, 0.15) is 34.7 Å². The number of aliphatic carboxylic acids is 1. The largest absolute Gasteiger partial charge is 0.508 e. The maximum Gasteiger partial charge on any atom is 0.328 e. The molecule has 42 heavy (non-hydrogen) atoms. The lowest BCUT2D eigenvalue weighted by molar-refractivity contribution is -0.144. The lowest BCUT2D eigenvalue weighted by Crippen LogP contribution is -2.62. The number of carbonyl (C=O) groups is 5. The van der Waals surface area contributed by atoms with Gasteiger partial charge in [0.25, 0.3) is 0 Å². The van der Waals surface area contributed by atoms with Gasteiger partial charge < -0.3 is 42.3 Å². The Bertz CT molecular complexity index is 1330. The van der Waals surface area contributed by atoms with E-state index in [1.807, 2.05) is 12.1 Å². The zero-order valence-corrected chi connectivity index (χ0v) is 23.7. The van der Waals surface area contributed by atoms with Crippen LogP contribution in [-0.2, 0) is 43.2 Å². The molecule has 0 radical (unpaired) electrons. The van der Waals surface area contributed by atoms with E-state index in [0.717, 1.165) is 27.8 Å². The fraction of sp³-hybridized carbons (Fsp3) is 0.414. The van der Waals surface area contributed by atoms with Crippen molar-refractivity contribution >= 4 is 29.6 Å². The molecule has 0 spiro atoms. The molecule has 0 saturated carbocycles. The molecule has 3 rings (SSSR count). The molecule has 1 aliphatic rings. The summed E-state index contributed by atoms with van der Waals surface area (Å²) in [6.45, 7) is 3.75. The third-order valence-corrected chi connectivity index (χ3v) is 7.26. The highest BCUT2D eigenvalue weighted by Crippen LogP contribution is 2.30. The lowest BCUT2D eigenvalue weighted by atomic mass is 9.94. The molecule has 4 amide bonds. The number of aliphatic hydroxyl groups excluding tert-OH is 1. The van der Waals surface area contributed by atoms with Crippen molar-refractivity contribution in [1.82, 2.24) is 21.3 Å². The number of hydrogen-bond acceptors (Lipinski definition) is 8. The van der Waals surface area contributed by atoms with Crippen LogP contribution in [-0.4, -0.2) is 81.7 Å². The number of carboxylic acids is 1. The second-order valence-electron chi connectivity index (χ2n) is 10.6. The number of rotatable bonds is 12. The molecule has 0 bridgehead atoms. The number of phenolic OH excluding ortho intramolecular Hbond substituents is 1. The van der Waals surface area contributed by atoms with Gasteiger partial charge in [0, 0.05) is 12.8 Å². The Kier molecular flexibility index (Phi) is 10.3. The van der Waals surface area contributed by atoms with Crippen LogP contribution in [0.5, 0.6) is 5.75 Å². The first-order valence-electron chi connectivity index (χ1n) is 13.4. The molecular formula is C29H37N5O8. The highest BCUT2D eigenvalue weighted by atomic mass is 16.4. The fourth-order valence-electron chi connectivity index (χ4n) is 5.08. The number of benzene rings is 2. The molecule has 2 unspecified atom stereocenters. The minimum absolute atomic E-state index is 0.111. The van der Waals surface area contributed by atoms with Gasteiger partial charge in [-0.1, -0.05) is 24.3 Å². The molecule has 1 aliphatic carbocycles. The van der Waals surface area contributed by atoms with Gasteiger partial charge >= 0.3 is 5.97 Å². The normalized spacial score (nSPS) is 15.5. The molecule has 2 aromatic carbocycles. The predicted molar refractivity (Wildman–Crippen MR) is 151 cm³/mol. The zero-order chi connectivity index (χ0) is 31.2. The van der Waals surface area contributed by atoms with Gasteiger partial charge in [0.1, 0.15) is 11.3 Å². The van der Waals surface area contributed by atoms with E-state index in [1.54, 1.807) is 38.1 Å². The van der Waals surface area contributed by atoms with E-state index < -0.39 is 66.4 Å². The summed E-state index contributed by atoms with van der Waals surface area (Å²) in [6, 6.07) is 7.84. The van der Waals surface area contributed by atoms with Gasteiger partial charge in [-0.05, 0) is 67.1 Å². The smallest absolute Gasteiger partial charge is 0.328 e. The number of fused-ring (bicyclic) bond motifs is 1. The first-order valence-corrected chi connectivity index (χ1v) is 13.4. The molecule has 3 atom stereocenters. The Labute approximate surface area is 242 Å². The summed E-state index contributed by atoms with van der Waals surface area (Å²) >= 11 is 0. The van der Waals surface area contributed by atoms with E-state index in [0.29, 0.717) is 0 Å². The average molecular weight is 584 g/mol. The number of hydrogen-bond donors (Lipinski definition) is 8. The number of aliphatic hydroxyl groups is 1. The number of carboxylic acid groups (broad SMARTS) is 1. The number of aryl methyl sites for hydroxylation is 2. The van der Waals surface area contributed by atoms with Gasteiger partial charge in [-0.3, -0.25) is 19.2 Å². The molecule has 13 nitrogen and oxygen atoms in total. The van der Waals surface area contributed by atoms with Crippen LogP contribution in [0.15, 0.2) is 36.4 Å². The van der Waals surface area contributed by atoms with Crippen molar-refractivity contribution in [3.63, 3.8) is 0 Å². The number of carbonyl (C=O) groups excluding carboxylic acids is 4. The highest BCUT2D eigenvalue weighted by Gasteiger charge is 2.45. The van der Waals surface area contributed by atoms with Crippen LogP contribution in [0.3, 0.4) is 0 Å². The summed E-state index contributed by atoms with van der Waals surface area (Å²) in [7, 11) is 0. The maximum atomic E-state index is 13.4. The van der Waals surface area contributed by atoms with Crippen molar-refractivity contribution in [3.05, 3.63) is 64.2 Å². The number of nitrogens with one attached hydrogen (secondary N) is 4. The van der Waals surface area contributed by atoms with Crippen molar-refractivity contribution in [1.29, 1.82) is 0 Å². The quantitative estimate of drug-likeness (QED) is 0.149. The van der Waals surface area contributed by atoms with Crippen LogP contribution >= 0.6 is 0 Å². The van der Waals surface area contributed by atoms with E-state index in [1.165, 1.54) is 6.92 Å². The van der Waals surface area contributed by atoms with Gasteiger partial charge in [0.2, 0.25) is 23.6 Å². The highest BCUT2D eigenvalue weighted by molar-refractivity contribution is 5.96. The Balaban J connectivity index is 1.64. The zero-order valence-electron chi connectivity index (χ0n) is 23.7. The van der Waals surface area contributed by atoms with E-state index in [-0.39, 0.29) is 25.0 Å². The second-order valence-corrected chi connectivity index (χ2v) is 10.6. The van der Waals surface area contributed by atoms with E-state index in [4.69, 9.17) is 10.8 Å². The molecule has 0 saturated heterocycles. The molecular weight excluding hydrogens is 546 g/mol. The first kappa shape index (κ1) is 32.0. The Morgan fingerprint density at radius 1 is 0.952 bits per heavy atom. The Hall–Kier alpha value is -4.49.